The monoisotopic (exact) mass is 353 g/mol. The Labute approximate surface area is 157 Å². The van der Waals surface area contributed by atoms with Gasteiger partial charge in [0.15, 0.2) is 6.10 Å². The van der Waals surface area contributed by atoms with Crippen LogP contribution in [0.25, 0.3) is 0 Å². The Hall–Kier alpha value is -2.29. The number of rotatable bonds is 7. The standard InChI is InChI=1S/C23H31NO2/c1-7-21(20-13-12-16(4)14-17(20)5)24-23(25)18(6)26-22-11-9-8-10-19(22)15(2)3/h8-15,18,21H,7H2,1-6H3,(H,24,25). The summed E-state index contributed by atoms with van der Waals surface area (Å²) in [5, 5.41) is 3.15. The molecule has 0 aliphatic heterocycles. The number of hydrogen-bond acceptors (Lipinski definition) is 2. The lowest BCUT2D eigenvalue weighted by Gasteiger charge is -2.23. The summed E-state index contributed by atoms with van der Waals surface area (Å²) in [6.45, 7) is 12.3. The van der Waals surface area contributed by atoms with Crippen LogP contribution in [0.4, 0.5) is 0 Å². The molecule has 2 rings (SSSR count). The van der Waals surface area contributed by atoms with E-state index in [1.54, 1.807) is 6.92 Å². The molecule has 0 aromatic heterocycles. The van der Waals surface area contributed by atoms with Gasteiger partial charge in [0.2, 0.25) is 0 Å². The number of carbonyl (C=O) groups excluding carboxylic acids is 1. The second kappa shape index (κ2) is 8.88. The molecule has 0 bridgehead atoms. The minimum atomic E-state index is -0.547. The highest BCUT2D eigenvalue weighted by Crippen LogP contribution is 2.27. The van der Waals surface area contributed by atoms with Gasteiger partial charge in [-0.1, -0.05) is 62.7 Å². The van der Waals surface area contributed by atoms with Crippen molar-refractivity contribution in [2.75, 3.05) is 0 Å². The molecule has 1 amide bonds. The van der Waals surface area contributed by atoms with Crippen LogP contribution in [0.2, 0.25) is 0 Å². The van der Waals surface area contributed by atoms with E-state index in [0.29, 0.717) is 5.92 Å². The fourth-order valence-electron chi connectivity index (χ4n) is 3.21. The number of nitrogens with one attached hydrogen (secondary N) is 1. The maximum absolute atomic E-state index is 12.7. The minimum absolute atomic E-state index is 0.00510. The van der Waals surface area contributed by atoms with Gasteiger partial charge in [-0.25, -0.2) is 0 Å². The lowest BCUT2D eigenvalue weighted by Crippen LogP contribution is -2.38. The van der Waals surface area contributed by atoms with E-state index in [9.17, 15) is 4.79 Å². The summed E-state index contributed by atoms with van der Waals surface area (Å²) in [6.07, 6.45) is 0.292. The van der Waals surface area contributed by atoms with E-state index in [1.165, 1.54) is 16.7 Å². The topological polar surface area (TPSA) is 38.3 Å². The first kappa shape index (κ1) is 20.0. The molecule has 3 nitrogen and oxygen atoms in total. The summed E-state index contributed by atoms with van der Waals surface area (Å²) >= 11 is 0. The van der Waals surface area contributed by atoms with Crippen molar-refractivity contribution >= 4 is 5.91 Å². The zero-order valence-electron chi connectivity index (χ0n) is 16.8. The normalized spacial score (nSPS) is 13.3. The van der Waals surface area contributed by atoms with E-state index in [2.05, 4.69) is 64.2 Å². The number of benzene rings is 2. The number of ether oxygens (including phenoxy) is 1. The van der Waals surface area contributed by atoms with Gasteiger partial charge in [0.05, 0.1) is 6.04 Å². The van der Waals surface area contributed by atoms with Gasteiger partial charge < -0.3 is 10.1 Å². The number of carbonyl (C=O) groups is 1. The predicted molar refractivity (Wildman–Crippen MR) is 108 cm³/mol. The van der Waals surface area contributed by atoms with Crippen LogP contribution in [0, 0.1) is 13.8 Å². The van der Waals surface area contributed by atoms with Crippen LogP contribution in [0.5, 0.6) is 5.75 Å². The fraction of sp³-hybridized carbons (Fsp3) is 0.435. The fourth-order valence-corrected chi connectivity index (χ4v) is 3.21. The van der Waals surface area contributed by atoms with E-state index in [1.807, 2.05) is 18.2 Å². The van der Waals surface area contributed by atoms with E-state index in [0.717, 1.165) is 17.7 Å². The average molecular weight is 354 g/mol. The molecule has 140 valence electrons. The molecule has 3 heteroatoms. The zero-order chi connectivity index (χ0) is 19.3. The lowest BCUT2D eigenvalue weighted by molar-refractivity contribution is -0.128. The summed E-state index contributed by atoms with van der Waals surface area (Å²) in [4.78, 5) is 12.7. The van der Waals surface area contributed by atoms with Gasteiger partial charge in [-0.3, -0.25) is 4.79 Å². The van der Waals surface area contributed by atoms with E-state index in [4.69, 9.17) is 4.74 Å². The molecule has 0 spiro atoms. The molecular formula is C23H31NO2. The summed E-state index contributed by atoms with van der Waals surface area (Å²) in [6, 6.07) is 14.3. The molecule has 1 N–H and O–H groups in total. The molecule has 0 aliphatic rings. The third kappa shape index (κ3) is 4.87. The largest absolute Gasteiger partial charge is 0.481 e. The van der Waals surface area contributed by atoms with Crippen molar-refractivity contribution in [3.8, 4) is 5.75 Å². The van der Waals surface area contributed by atoms with Crippen LogP contribution in [0.1, 0.15) is 68.3 Å². The minimum Gasteiger partial charge on any atom is -0.481 e. The van der Waals surface area contributed by atoms with Crippen LogP contribution in [0.15, 0.2) is 42.5 Å². The molecule has 0 saturated heterocycles. The Balaban J connectivity index is 2.10. The molecule has 0 heterocycles. The van der Waals surface area contributed by atoms with Gasteiger partial charge in [0.25, 0.3) is 5.91 Å². The van der Waals surface area contributed by atoms with Crippen molar-refractivity contribution in [2.24, 2.45) is 0 Å². The molecule has 0 radical (unpaired) electrons. The first-order valence-electron chi connectivity index (χ1n) is 9.46. The molecule has 2 aromatic carbocycles. The average Bonchev–Trinajstić information content (AvgIpc) is 2.60. The van der Waals surface area contributed by atoms with Crippen LogP contribution < -0.4 is 10.1 Å². The van der Waals surface area contributed by atoms with Gasteiger partial charge >= 0.3 is 0 Å². The molecule has 26 heavy (non-hydrogen) atoms. The Morgan fingerprint density at radius 1 is 1.04 bits per heavy atom. The molecule has 0 fully saturated rings. The first-order valence-corrected chi connectivity index (χ1v) is 9.46. The maximum atomic E-state index is 12.7. The third-order valence-corrected chi connectivity index (χ3v) is 4.74. The van der Waals surface area contributed by atoms with Gasteiger partial charge in [-0.15, -0.1) is 0 Å². The van der Waals surface area contributed by atoms with E-state index >= 15 is 0 Å². The van der Waals surface area contributed by atoms with Gasteiger partial charge in [0.1, 0.15) is 5.75 Å². The lowest BCUT2D eigenvalue weighted by atomic mass is 9.97. The molecule has 0 aliphatic carbocycles. The number of amides is 1. The summed E-state index contributed by atoms with van der Waals surface area (Å²) < 4.78 is 5.99. The SMILES string of the molecule is CCC(NC(=O)C(C)Oc1ccccc1C(C)C)c1ccc(C)cc1C. The summed E-state index contributed by atoms with van der Waals surface area (Å²) in [5.41, 5.74) is 4.72. The highest BCUT2D eigenvalue weighted by Gasteiger charge is 2.21. The smallest absolute Gasteiger partial charge is 0.261 e. The second-order valence-corrected chi connectivity index (χ2v) is 7.28. The third-order valence-electron chi connectivity index (χ3n) is 4.74. The van der Waals surface area contributed by atoms with Crippen LogP contribution in [0.3, 0.4) is 0 Å². The Bertz CT molecular complexity index is 752. The van der Waals surface area contributed by atoms with Crippen LogP contribution in [-0.4, -0.2) is 12.0 Å². The molecule has 2 unspecified atom stereocenters. The predicted octanol–water partition coefficient (Wildman–Crippen LogP) is 5.46. The highest BCUT2D eigenvalue weighted by atomic mass is 16.5. The van der Waals surface area contributed by atoms with Gasteiger partial charge in [0, 0.05) is 0 Å². The summed E-state index contributed by atoms with van der Waals surface area (Å²) in [5.74, 6) is 1.04. The first-order chi connectivity index (χ1) is 12.3. The Morgan fingerprint density at radius 2 is 1.73 bits per heavy atom. The van der Waals surface area contributed by atoms with Gasteiger partial charge in [-0.05, 0) is 55.9 Å². The molecule has 2 atom stereocenters. The zero-order valence-corrected chi connectivity index (χ0v) is 16.8. The van der Waals surface area contributed by atoms with Crippen LogP contribution >= 0.6 is 0 Å². The molecular weight excluding hydrogens is 322 g/mol. The van der Waals surface area contributed by atoms with E-state index < -0.39 is 6.10 Å². The number of hydrogen-bond donors (Lipinski definition) is 1. The van der Waals surface area contributed by atoms with Crippen molar-refractivity contribution in [3.63, 3.8) is 0 Å². The summed E-state index contributed by atoms with van der Waals surface area (Å²) in [7, 11) is 0. The second-order valence-electron chi connectivity index (χ2n) is 7.28. The molecule has 2 aromatic rings. The van der Waals surface area contributed by atoms with Crippen molar-refractivity contribution in [3.05, 3.63) is 64.7 Å². The van der Waals surface area contributed by atoms with Gasteiger partial charge in [-0.2, -0.15) is 0 Å². The highest BCUT2D eigenvalue weighted by molar-refractivity contribution is 5.81. The Morgan fingerprint density at radius 3 is 2.35 bits per heavy atom. The number of aryl methyl sites for hydroxylation is 2. The van der Waals surface area contributed by atoms with Crippen molar-refractivity contribution in [2.45, 2.75) is 66.0 Å². The van der Waals surface area contributed by atoms with Crippen molar-refractivity contribution in [1.82, 2.24) is 5.32 Å². The van der Waals surface area contributed by atoms with Crippen molar-refractivity contribution < 1.29 is 9.53 Å². The Kier molecular flexibility index (Phi) is 6.84. The number of para-hydroxylation sites is 1. The maximum Gasteiger partial charge on any atom is 0.261 e. The molecule has 0 saturated carbocycles. The van der Waals surface area contributed by atoms with Crippen LogP contribution in [-0.2, 0) is 4.79 Å². The quantitative estimate of drug-likeness (QED) is 0.717. The van der Waals surface area contributed by atoms with E-state index in [-0.39, 0.29) is 11.9 Å². The van der Waals surface area contributed by atoms with Crippen molar-refractivity contribution in [1.29, 1.82) is 0 Å².